The van der Waals surface area contributed by atoms with Gasteiger partial charge >= 0.3 is 0 Å². The van der Waals surface area contributed by atoms with Gasteiger partial charge in [0.1, 0.15) is 0 Å². The molecule has 8 nitrogen and oxygen atoms in total. The molecule has 2 aliphatic rings. The summed E-state index contributed by atoms with van der Waals surface area (Å²) in [6.07, 6.45) is 3.06. The number of aliphatic imine (C=N–C) groups is 1. The van der Waals surface area contributed by atoms with E-state index in [0.717, 1.165) is 61.9 Å². The molecule has 1 saturated heterocycles. The quantitative estimate of drug-likeness (QED) is 0.255. The van der Waals surface area contributed by atoms with Crippen LogP contribution in [0.3, 0.4) is 0 Å². The molecule has 36 heavy (non-hydrogen) atoms. The Morgan fingerprint density at radius 1 is 1.08 bits per heavy atom. The first-order chi connectivity index (χ1) is 17.6. The molecule has 0 bridgehead atoms. The average molecular weight is 481 g/mol. The van der Waals surface area contributed by atoms with Gasteiger partial charge in [-0.2, -0.15) is 5.26 Å². The summed E-state index contributed by atoms with van der Waals surface area (Å²) in [6, 6.07) is 20.6. The molecular weight excluding hydrogens is 448 g/mol. The van der Waals surface area contributed by atoms with E-state index in [4.69, 9.17) is 4.99 Å². The van der Waals surface area contributed by atoms with Crippen molar-refractivity contribution in [1.82, 2.24) is 25.7 Å². The number of hydrogen-bond acceptors (Lipinski definition) is 6. The van der Waals surface area contributed by atoms with Crippen LogP contribution in [-0.2, 0) is 13.0 Å². The van der Waals surface area contributed by atoms with Gasteiger partial charge in [0.05, 0.1) is 17.4 Å². The van der Waals surface area contributed by atoms with Gasteiger partial charge in [0, 0.05) is 31.7 Å². The second-order valence-corrected chi connectivity index (χ2v) is 9.61. The van der Waals surface area contributed by atoms with E-state index >= 15 is 0 Å². The highest BCUT2D eigenvalue weighted by molar-refractivity contribution is 5.85. The predicted octanol–water partition coefficient (Wildman–Crippen LogP) is 3.69. The van der Waals surface area contributed by atoms with E-state index in [-0.39, 0.29) is 6.04 Å². The minimum absolute atomic E-state index is 0.162. The van der Waals surface area contributed by atoms with Crippen LogP contribution in [0.4, 0.5) is 11.5 Å². The maximum atomic E-state index is 9.55. The van der Waals surface area contributed by atoms with Gasteiger partial charge in [-0.3, -0.25) is 5.32 Å². The molecule has 3 heterocycles. The molecule has 8 heteroatoms. The van der Waals surface area contributed by atoms with Gasteiger partial charge in [-0.15, -0.1) is 10.2 Å². The predicted molar refractivity (Wildman–Crippen MR) is 143 cm³/mol. The van der Waals surface area contributed by atoms with Crippen LogP contribution in [0.25, 0.3) is 11.3 Å². The minimum atomic E-state index is 0.162. The number of anilines is 1. The van der Waals surface area contributed by atoms with Crippen LogP contribution in [0.2, 0.25) is 0 Å². The maximum absolute atomic E-state index is 9.55. The van der Waals surface area contributed by atoms with Gasteiger partial charge in [0.25, 0.3) is 0 Å². The minimum Gasteiger partial charge on any atom is -0.351 e. The highest BCUT2D eigenvalue weighted by atomic mass is 15.4. The molecule has 1 atom stereocenters. The van der Waals surface area contributed by atoms with E-state index in [1.807, 2.05) is 48.5 Å². The normalized spacial score (nSPS) is 18.1. The number of benzene rings is 2. The lowest BCUT2D eigenvalue weighted by Gasteiger charge is -2.44. The number of hydrogen-bond donors (Lipinski definition) is 2. The fourth-order valence-corrected chi connectivity index (χ4v) is 5.05. The van der Waals surface area contributed by atoms with Gasteiger partial charge in [-0.25, -0.2) is 4.99 Å². The number of guanidine groups is 1. The second-order valence-electron chi connectivity index (χ2n) is 9.61. The van der Waals surface area contributed by atoms with E-state index in [1.54, 1.807) is 0 Å². The van der Waals surface area contributed by atoms with Crippen molar-refractivity contribution in [3.8, 4) is 17.5 Å². The average Bonchev–Trinajstić information content (AvgIpc) is 2.93. The molecule has 0 radical (unpaired) electrons. The maximum Gasteiger partial charge on any atom is 0.212 e. The molecule has 0 amide bonds. The Morgan fingerprint density at radius 3 is 2.69 bits per heavy atom. The van der Waals surface area contributed by atoms with Gasteiger partial charge in [-0.1, -0.05) is 56.3 Å². The molecule has 1 unspecified atom stereocenters. The van der Waals surface area contributed by atoms with Crippen molar-refractivity contribution in [2.75, 3.05) is 31.1 Å². The first-order valence-electron chi connectivity index (χ1n) is 12.6. The summed E-state index contributed by atoms with van der Waals surface area (Å²) in [4.78, 5) is 9.52. The smallest absolute Gasteiger partial charge is 0.212 e. The number of piperazine rings is 1. The van der Waals surface area contributed by atoms with E-state index in [9.17, 15) is 5.26 Å². The monoisotopic (exact) mass is 480 g/mol. The van der Waals surface area contributed by atoms with Gasteiger partial charge in [-0.05, 0) is 48.2 Å². The molecule has 2 N–H and O–H groups in total. The molecule has 2 aliphatic heterocycles. The van der Waals surface area contributed by atoms with Crippen molar-refractivity contribution in [3.63, 3.8) is 0 Å². The zero-order valence-electron chi connectivity index (χ0n) is 20.9. The Labute approximate surface area is 212 Å². The van der Waals surface area contributed by atoms with Crippen LogP contribution in [0.15, 0.2) is 65.7 Å². The summed E-state index contributed by atoms with van der Waals surface area (Å²) in [6.45, 7) is 8.51. The third-order valence-electron chi connectivity index (χ3n) is 7.01. The number of aromatic nitrogens is 2. The highest BCUT2D eigenvalue weighted by Gasteiger charge is 2.32. The molecule has 1 aromatic heterocycles. The highest BCUT2D eigenvalue weighted by Crippen LogP contribution is 2.28. The molecule has 5 rings (SSSR count). The van der Waals surface area contributed by atoms with Gasteiger partial charge < -0.3 is 15.1 Å². The fourth-order valence-electron chi connectivity index (χ4n) is 5.05. The summed E-state index contributed by atoms with van der Waals surface area (Å²) in [5.41, 5.74) is 5.42. The number of fused-ring (bicyclic) bond motifs is 1. The third-order valence-corrected chi connectivity index (χ3v) is 7.01. The summed E-state index contributed by atoms with van der Waals surface area (Å²) < 4.78 is 0. The Hall–Kier alpha value is -3.96. The fraction of sp³-hybridized carbons (Fsp3) is 0.357. The van der Waals surface area contributed by atoms with Crippen molar-refractivity contribution >= 4 is 17.5 Å². The molecule has 0 saturated carbocycles. The molecule has 1 fully saturated rings. The Morgan fingerprint density at radius 2 is 1.94 bits per heavy atom. The van der Waals surface area contributed by atoms with Crippen molar-refractivity contribution < 1.29 is 0 Å². The third kappa shape index (κ3) is 5.02. The number of nitrogens with one attached hydrogen (secondary N) is 2. The zero-order chi connectivity index (χ0) is 24.9. The molecule has 3 aromatic rings. The number of rotatable bonds is 4. The first kappa shape index (κ1) is 23.8. The van der Waals surface area contributed by atoms with E-state index < -0.39 is 0 Å². The van der Waals surface area contributed by atoms with E-state index in [2.05, 4.69) is 62.8 Å². The van der Waals surface area contributed by atoms with Gasteiger partial charge in [0.2, 0.25) is 5.96 Å². The summed E-state index contributed by atoms with van der Waals surface area (Å²) in [5.74, 6) is 1.84. The SMILES string of the molecule is CC(C)C1CN(c2ccc(-c3ccccc3)nn2)CCN1C(=Nc1cccc2c1CCNC2)NC#N. The Balaban J connectivity index is 1.38. The molecule has 0 spiro atoms. The summed E-state index contributed by atoms with van der Waals surface area (Å²) in [5, 5.41) is 24.9. The number of nitrogens with zero attached hydrogens (tertiary/aromatic N) is 6. The largest absolute Gasteiger partial charge is 0.351 e. The standard InChI is InChI=1S/C28H32N8/c1-20(2)26-18-35(27-12-11-24(33-34-27)21-7-4-3-5-8-21)15-16-36(26)28(31-19-29)32-25-10-6-9-22-17-30-14-13-23(22)25/h3-12,20,26,30H,13-18H2,1-2H3,(H,31,32). The van der Waals surface area contributed by atoms with E-state index in [1.165, 1.54) is 11.1 Å². The van der Waals surface area contributed by atoms with Crippen LogP contribution < -0.4 is 15.5 Å². The molecule has 0 aliphatic carbocycles. The Kier molecular flexibility index (Phi) is 7.10. The molecular formula is C28H32N8. The van der Waals surface area contributed by atoms with E-state index in [0.29, 0.717) is 11.9 Å². The van der Waals surface area contributed by atoms with Crippen molar-refractivity contribution in [2.24, 2.45) is 10.9 Å². The lowest BCUT2D eigenvalue weighted by atomic mass is 9.99. The Bertz CT molecular complexity index is 1250. The zero-order valence-corrected chi connectivity index (χ0v) is 20.9. The molecule has 2 aromatic carbocycles. The lowest BCUT2D eigenvalue weighted by molar-refractivity contribution is 0.220. The van der Waals surface area contributed by atoms with Crippen LogP contribution in [0.1, 0.15) is 25.0 Å². The van der Waals surface area contributed by atoms with Crippen molar-refractivity contribution in [3.05, 3.63) is 71.8 Å². The van der Waals surface area contributed by atoms with Crippen LogP contribution in [-0.4, -0.2) is 53.3 Å². The van der Waals surface area contributed by atoms with Gasteiger partial charge in [0.15, 0.2) is 12.0 Å². The molecule has 184 valence electrons. The summed E-state index contributed by atoms with van der Waals surface area (Å²) >= 11 is 0. The number of nitriles is 1. The first-order valence-corrected chi connectivity index (χ1v) is 12.6. The van der Waals surface area contributed by atoms with Crippen LogP contribution in [0.5, 0.6) is 0 Å². The lowest BCUT2D eigenvalue weighted by Crippen LogP contribution is -2.59. The van der Waals surface area contributed by atoms with Crippen molar-refractivity contribution in [1.29, 1.82) is 5.26 Å². The second kappa shape index (κ2) is 10.8. The summed E-state index contributed by atoms with van der Waals surface area (Å²) in [7, 11) is 0. The topological polar surface area (TPSA) is 92.5 Å². The van der Waals surface area contributed by atoms with Crippen molar-refractivity contribution in [2.45, 2.75) is 32.9 Å². The van der Waals surface area contributed by atoms with Crippen LogP contribution in [0, 0.1) is 17.4 Å². The van der Waals surface area contributed by atoms with Crippen LogP contribution >= 0.6 is 0 Å².